The Morgan fingerprint density at radius 2 is 2.17 bits per heavy atom. The normalized spacial score (nSPS) is 20.2. The van der Waals surface area contributed by atoms with E-state index in [4.69, 9.17) is 5.73 Å². The maximum Gasteiger partial charge on any atom is 0.254 e. The highest BCUT2D eigenvalue weighted by Crippen LogP contribution is 2.23. The van der Waals surface area contributed by atoms with Crippen molar-refractivity contribution in [2.75, 3.05) is 17.2 Å². The highest BCUT2D eigenvalue weighted by atomic mass is 16.3. The van der Waals surface area contributed by atoms with Crippen molar-refractivity contribution in [1.29, 1.82) is 0 Å². The summed E-state index contributed by atoms with van der Waals surface area (Å²) in [6.45, 7) is 6.81. The average Bonchev–Trinajstić information content (AvgIpc) is 2.55. The molecule has 0 spiro atoms. The third kappa shape index (κ3) is 6.02. The minimum atomic E-state index is -0.559. The molecule has 0 bridgehead atoms. The van der Waals surface area contributed by atoms with Crippen molar-refractivity contribution in [3.05, 3.63) is 11.8 Å². The number of anilines is 2. The van der Waals surface area contributed by atoms with Crippen LogP contribution in [0.5, 0.6) is 0 Å². The Morgan fingerprint density at radius 1 is 1.43 bits per heavy atom. The van der Waals surface area contributed by atoms with Crippen LogP contribution in [0, 0.1) is 0 Å². The van der Waals surface area contributed by atoms with E-state index in [1.54, 1.807) is 0 Å². The van der Waals surface area contributed by atoms with Gasteiger partial charge in [0.05, 0.1) is 11.7 Å². The van der Waals surface area contributed by atoms with E-state index in [0.29, 0.717) is 18.2 Å². The molecule has 1 saturated carbocycles. The van der Waals surface area contributed by atoms with Crippen LogP contribution in [0.25, 0.3) is 0 Å². The molecule has 1 aliphatic carbocycles. The van der Waals surface area contributed by atoms with E-state index >= 15 is 0 Å². The molecule has 2 atom stereocenters. The minimum absolute atomic E-state index is 0.0979. The summed E-state index contributed by atoms with van der Waals surface area (Å²) in [7, 11) is 0. The molecular formula is C16H29N5O2. The largest absolute Gasteiger partial charge is 0.393 e. The van der Waals surface area contributed by atoms with Crippen molar-refractivity contribution < 1.29 is 9.90 Å². The zero-order chi connectivity index (χ0) is 17.2. The monoisotopic (exact) mass is 323 g/mol. The third-order valence-corrected chi connectivity index (χ3v) is 3.57. The van der Waals surface area contributed by atoms with Gasteiger partial charge in [0.15, 0.2) is 0 Å². The molecular weight excluding hydrogens is 294 g/mol. The fourth-order valence-corrected chi connectivity index (χ4v) is 2.48. The molecule has 5 N–H and O–H groups in total. The molecule has 0 aliphatic heterocycles. The number of rotatable bonds is 6. The Morgan fingerprint density at radius 3 is 2.78 bits per heavy atom. The van der Waals surface area contributed by atoms with Crippen LogP contribution in [0.1, 0.15) is 63.2 Å². The lowest BCUT2D eigenvalue weighted by molar-refractivity contribution is 0.100. The molecule has 2 unspecified atom stereocenters. The number of hydrogen-bond acceptors (Lipinski definition) is 6. The van der Waals surface area contributed by atoms with Gasteiger partial charge in [-0.15, -0.1) is 0 Å². The number of primary amides is 1. The van der Waals surface area contributed by atoms with Gasteiger partial charge in [-0.05, 0) is 32.1 Å². The summed E-state index contributed by atoms with van der Waals surface area (Å²) < 4.78 is 0. The van der Waals surface area contributed by atoms with Crippen LogP contribution in [0.4, 0.5) is 11.8 Å². The Kier molecular flexibility index (Phi) is 8.32. The van der Waals surface area contributed by atoms with Crippen molar-refractivity contribution in [2.45, 2.75) is 65.0 Å². The summed E-state index contributed by atoms with van der Waals surface area (Å²) in [5, 5.41) is 16.0. The number of carbonyl (C=O) groups is 1. The first-order valence-electron chi connectivity index (χ1n) is 8.45. The lowest BCUT2D eigenvalue weighted by Crippen LogP contribution is -2.31. The molecule has 1 aromatic rings. The Bertz CT molecular complexity index is 495. The highest BCUT2D eigenvalue weighted by molar-refractivity contribution is 5.97. The molecule has 1 amide bonds. The third-order valence-electron chi connectivity index (χ3n) is 3.57. The smallest absolute Gasteiger partial charge is 0.254 e. The van der Waals surface area contributed by atoms with E-state index in [-0.39, 0.29) is 17.7 Å². The summed E-state index contributed by atoms with van der Waals surface area (Å²) in [4.78, 5) is 19.9. The summed E-state index contributed by atoms with van der Waals surface area (Å²) in [6.07, 6.45) is 5.47. The quantitative estimate of drug-likeness (QED) is 0.638. The number of aromatic nitrogens is 2. The zero-order valence-corrected chi connectivity index (χ0v) is 14.3. The maximum absolute atomic E-state index is 11.5. The van der Waals surface area contributed by atoms with Crippen molar-refractivity contribution >= 4 is 17.7 Å². The second-order valence-corrected chi connectivity index (χ2v) is 5.41. The molecule has 0 radical (unpaired) electrons. The van der Waals surface area contributed by atoms with Gasteiger partial charge in [-0.1, -0.05) is 20.8 Å². The van der Waals surface area contributed by atoms with E-state index < -0.39 is 5.91 Å². The fraction of sp³-hybridized carbons (Fsp3) is 0.688. The van der Waals surface area contributed by atoms with Gasteiger partial charge in [-0.3, -0.25) is 4.79 Å². The van der Waals surface area contributed by atoms with E-state index in [0.717, 1.165) is 32.2 Å². The van der Waals surface area contributed by atoms with E-state index in [9.17, 15) is 9.90 Å². The van der Waals surface area contributed by atoms with Crippen molar-refractivity contribution in [2.24, 2.45) is 5.73 Å². The topological polar surface area (TPSA) is 113 Å². The van der Waals surface area contributed by atoms with Crippen LogP contribution in [0.15, 0.2) is 6.20 Å². The van der Waals surface area contributed by atoms with Crippen LogP contribution >= 0.6 is 0 Å². The molecule has 1 heterocycles. The molecule has 2 rings (SSSR count). The number of hydrogen-bond donors (Lipinski definition) is 4. The Labute approximate surface area is 138 Å². The first-order chi connectivity index (χ1) is 11.1. The first kappa shape index (κ1) is 19.2. The number of nitrogens with zero attached hydrogens (tertiary/aromatic N) is 2. The molecule has 130 valence electrons. The van der Waals surface area contributed by atoms with Gasteiger partial charge >= 0.3 is 0 Å². The number of aliphatic hydroxyl groups excluding tert-OH is 1. The molecule has 0 saturated heterocycles. The van der Waals surface area contributed by atoms with E-state index in [2.05, 4.69) is 20.6 Å². The predicted molar refractivity (Wildman–Crippen MR) is 92.6 cm³/mol. The number of nitrogens with one attached hydrogen (secondary N) is 2. The Hall–Kier alpha value is -1.89. The van der Waals surface area contributed by atoms with Crippen LogP contribution in [-0.2, 0) is 0 Å². The van der Waals surface area contributed by atoms with Crippen molar-refractivity contribution in [3.8, 4) is 0 Å². The van der Waals surface area contributed by atoms with Crippen molar-refractivity contribution in [1.82, 2.24) is 9.97 Å². The fourth-order valence-electron chi connectivity index (χ4n) is 2.48. The van der Waals surface area contributed by atoms with Gasteiger partial charge in [0.2, 0.25) is 5.95 Å². The summed E-state index contributed by atoms with van der Waals surface area (Å²) in [6, 6.07) is 0.0979. The molecule has 1 aliphatic rings. The molecule has 23 heavy (non-hydrogen) atoms. The first-order valence-corrected chi connectivity index (χ1v) is 8.45. The lowest BCUT2D eigenvalue weighted by atomic mass is 9.93. The minimum Gasteiger partial charge on any atom is -0.393 e. The van der Waals surface area contributed by atoms with Crippen LogP contribution in [0.3, 0.4) is 0 Å². The molecule has 1 aromatic heterocycles. The number of carbonyl (C=O) groups excluding carboxylic acids is 1. The molecule has 0 aromatic carbocycles. The lowest BCUT2D eigenvalue weighted by Gasteiger charge is -2.27. The average molecular weight is 323 g/mol. The van der Waals surface area contributed by atoms with E-state index in [1.165, 1.54) is 6.20 Å². The van der Waals surface area contributed by atoms with Crippen LogP contribution in [0.2, 0.25) is 0 Å². The van der Waals surface area contributed by atoms with Crippen LogP contribution in [-0.4, -0.2) is 39.7 Å². The van der Waals surface area contributed by atoms with Gasteiger partial charge in [-0.25, -0.2) is 4.98 Å². The summed E-state index contributed by atoms with van der Waals surface area (Å²) in [5.41, 5.74) is 5.64. The second-order valence-electron chi connectivity index (χ2n) is 5.41. The van der Waals surface area contributed by atoms with Gasteiger partial charge < -0.3 is 21.5 Å². The summed E-state index contributed by atoms with van der Waals surface area (Å²) in [5.74, 6) is 0.354. The van der Waals surface area contributed by atoms with Crippen LogP contribution < -0.4 is 16.4 Å². The van der Waals surface area contributed by atoms with Crippen molar-refractivity contribution in [3.63, 3.8) is 0 Å². The van der Waals surface area contributed by atoms with Gasteiger partial charge in [-0.2, -0.15) is 4.98 Å². The SMILES string of the molecule is CC.CCCNc1ncc(C(N)=O)c(NC2CCCC(O)C2)n1. The predicted octanol–water partition coefficient (Wildman–Crippen LogP) is 2.14. The Balaban J connectivity index is 0.00000127. The zero-order valence-electron chi connectivity index (χ0n) is 14.3. The summed E-state index contributed by atoms with van der Waals surface area (Å²) >= 11 is 0. The number of aliphatic hydroxyl groups is 1. The number of amides is 1. The van der Waals surface area contributed by atoms with Gasteiger partial charge in [0.25, 0.3) is 5.91 Å². The van der Waals surface area contributed by atoms with Gasteiger partial charge in [0, 0.05) is 18.8 Å². The number of nitrogens with two attached hydrogens (primary N) is 1. The molecule has 7 nitrogen and oxygen atoms in total. The highest BCUT2D eigenvalue weighted by Gasteiger charge is 2.22. The second kappa shape index (κ2) is 9.99. The van der Waals surface area contributed by atoms with E-state index in [1.807, 2.05) is 20.8 Å². The standard InChI is InChI=1S/C14H23N5O2.C2H6/c1-2-6-16-14-17-8-11(12(15)21)13(19-14)18-9-4-3-5-10(20)7-9;1-2/h8-10,20H,2-7H2,1H3,(H2,15,21)(H2,16,17,18,19);1-2H3. The van der Waals surface area contributed by atoms with Gasteiger partial charge in [0.1, 0.15) is 5.82 Å². The molecule has 1 fully saturated rings. The molecule has 7 heteroatoms. The maximum atomic E-state index is 11.5.